The van der Waals surface area contributed by atoms with Gasteiger partial charge in [-0.25, -0.2) is 4.79 Å². The molecule has 16 heavy (non-hydrogen) atoms. The fourth-order valence-corrected chi connectivity index (χ4v) is 1.13. The van der Waals surface area contributed by atoms with Gasteiger partial charge in [0.15, 0.2) is 0 Å². The zero-order valence-electron chi connectivity index (χ0n) is 9.19. The van der Waals surface area contributed by atoms with Crippen LogP contribution in [-0.2, 0) is 23.9 Å². The van der Waals surface area contributed by atoms with E-state index in [4.69, 9.17) is 5.26 Å². The van der Waals surface area contributed by atoms with Crippen LogP contribution in [0.2, 0.25) is 0 Å². The first-order valence-corrected chi connectivity index (χ1v) is 4.62. The summed E-state index contributed by atoms with van der Waals surface area (Å²) in [6.45, 7) is 0. The molecule has 1 atom stereocenters. The molecule has 0 aliphatic heterocycles. The SMILES string of the molecule is COC(=O)C(=O)CC(CCC#N)C(=O)OC. The van der Waals surface area contributed by atoms with Crippen LogP contribution in [-0.4, -0.2) is 31.9 Å². The first kappa shape index (κ1) is 14.1. The number of esters is 2. The van der Waals surface area contributed by atoms with Crippen molar-refractivity contribution < 1.29 is 23.9 Å². The summed E-state index contributed by atoms with van der Waals surface area (Å²) >= 11 is 0. The van der Waals surface area contributed by atoms with Crippen LogP contribution in [0.4, 0.5) is 0 Å². The fourth-order valence-electron chi connectivity index (χ4n) is 1.13. The average Bonchev–Trinajstić information content (AvgIpc) is 2.31. The Bertz CT molecular complexity index is 318. The molecule has 6 nitrogen and oxygen atoms in total. The third-order valence-electron chi connectivity index (χ3n) is 1.98. The van der Waals surface area contributed by atoms with Crippen LogP contribution >= 0.6 is 0 Å². The van der Waals surface area contributed by atoms with Crippen LogP contribution in [0, 0.1) is 17.2 Å². The highest BCUT2D eigenvalue weighted by Crippen LogP contribution is 2.13. The van der Waals surface area contributed by atoms with Crippen molar-refractivity contribution in [2.75, 3.05) is 14.2 Å². The summed E-state index contributed by atoms with van der Waals surface area (Å²) in [5, 5.41) is 8.38. The zero-order valence-corrected chi connectivity index (χ0v) is 9.19. The van der Waals surface area contributed by atoms with Crippen molar-refractivity contribution >= 4 is 17.7 Å². The molecule has 0 heterocycles. The van der Waals surface area contributed by atoms with E-state index in [1.165, 1.54) is 7.11 Å². The molecule has 0 amide bonds. The van der Waals surface area contributed by atoms with E-state index >= 15 is 0 Å². The number of ketones is 1. The normalized spacial score (nSPS) is 11.1. The van der Waals surface area contributed by atoms with Gasteiger partial charge in [-0.15, -0.1) is 0 Å². The first-order valence-electron chi connectivity index (χ1n) is 4.62. The van der Waals surface area contributed by atoms with E-state index in [0.717, 1.165) is 7.11 Å². The lowest BCUT2D eigenvalue weighted by atomic mass is 9.97. The number of hydrogen-bond donors (Lipinski definition) is 0. The lowest BCUT2D eigenvalue weighted by Crippen LogP contribution is -2.24. The molecule has 0 aliphatic rings. The van der Waals surface area contributed by atoms with Gasteiger partial charge >= 0.3 is 11.9 Å². The number of hydrogen-bond acceptors (Lipinski definition) is 6. The van der Waals surface area contributed by atoms with Gasteiger partial charge in [0.2, 0.25) is 5.78 Å². The number of carbonyl (C=O) groups excluding carboxylic acids is 3. The molecule has 1 unspecified atom stereocenters. The Labute approximate surface area is 93.1 Å². The van der Waals surface area contributed by atoms with Gasteiger partial charge < -0.3 is 9.47 Å². The minimum Gasteiger partial charge on any atom is -0.469 e. The average molecular weight is 227 g/mol. The van der Waals surface area contributed by atoms with E-state index in [0.29, 0.717) is 0 Å². The van der Waals surface area contributed by atoms with E-state index in [1.807, 2.05) is 6.07 Å². The molecule has 6 heteroatoms. The highest BCUT2D eigenvalue weighted by molar-refractivity contribution is 6.33. The Hall–Kier alpha value is -1.90. The van der Waals surface area contributed by atoms with E-state index in [2.05, 4.69) is 9.47 Å². The second-order valence-corrected chi connectivity index (χ2v) is 3.04. The number of rotatable bonds is 6. The molecule has 0 N–H and O–H groups in total. The summed E-state index contributed by atoms with van der Waals surface area (Å²) in [7, 11) is 2.27. The number of Topliss-reactive ketones (excluding diaryl/α,β-unsaturated/α-hetero) is 1. The third-order valence-corrected chi connectivity index (χ3v) is 1.98. The van der Waals surface area contributed by atoms with Crippen LogP contribution in [0.5, 0.6) is 0 Å². The monoisotopic (exact) mass is 227 g/mol. The van der Waals surface area contributed by atoms with Crippen LogP contribution < -0.4 is 0 Å². The topological polar surface area (TPSA) is 93.5 Å². The second kappa shape index (κ2) is 7.40. The number of nitriles is 1. The largest absolute Gasteiger partial charge is 0.469 e. The summed E-state index contributed by atoms with van der Waals surface area (Å²) in [5.74, 6) is -3.16. The van der Waals surface area contributed by atoms with Crippen molar-refractivity contribution in [1.82, 2.24) is 0 Å². The summed E-state index contributed by atoms with van der Waals surface area (Å²) in [5.41, 5.74) is 0. The predicted molar refractivity (Wildman–Crippen MR) is 52.0 cm³/mol. The van der Waals surface area contributed by atoms with Crippen LogP contribution in [0.25, 0.3) is 0 Å². The Morgan fingerprint density at radius 1 is 1.25 bits per heavy atom. The molecule has 0 rings (SSSR count). The summed E-state index contributed by atoms with van der Waals surface area (Å²) in [6, 6.07) is 1.86. The van der Waals surface area contributed by atoms with Gasteiger partial charge in [0.05, 0.1) is 26.2 Å². The Morgan fingerprint density at radius 2 is 1.88 bits per heavy atom. The maximum Gasteiger partial charge on any atom is 0.374 e. The van der Waals surface area contributed by atoms with Gasteiger partial charge in [-0.3, -0.25) is 9.59 Å². The van der Waals surface area contributed by atoms with E-state index < -0.39 is 23.6 Å². The number of carbonyl (C=O) groups is 3. The molecule has 0 saturated carbocycles. The van der Waals surface area contributed by atoms with Crippen molar-refractivity contribution in [2.45, 2.75) is 19.3 Å². The molecule has 0 fully saturated rings. The Morgan fingerprint density at radius 3 is 2.31 bits per heavy atom. The van der Waals surface area contributed by atoms with Crippen molar-refractivity contribution in [3.63, 3.8) is 0 Å². The van der Waals surface area contributed by atoms with Gasteiger partial charge in [0.1, 0.15) is 0 Å². The zero-order chi connectivity index (χ0) is 12.6. The molecule has 88 valence electrons. The van der Waals surface area contributed by atoms with Gasteiger partial charge in [-0.1, -0.05) is 0 Å². The lowest BCUT2D eigenvalue weighted by molar-refractivity contribution is -0.154. The summed E-state index contributed by atoms with van der Waals surface area (Å²) in [4.78, 5) is 33.3. The molecule has 0 aliphatic carbocycles. The van der Waals surface area contributed by atoms with Crippen molar-refractivity contribution in [2.24, 2.45) is 5.92 Å². The molecule has 0 bridgehead atoms. The van der Waals surface area contributed by atoms with Crippen LogP contribution in [0.3, 0.4) is 0 Å². The quantitative estimate of drug-likeness (QED) is 0.475. The number of ether oxygens (including phenoxy) is 2. The minimum atomic E-state index is -0.995. The van der Waals surface area contributed by atoms with Crippen LogP contribution in [0.1, 0.15) is 19.3 Å². The van der Waals surface area contributed by atoms with Gasteiger partial charge in [-0.2, -0.15) is 5.26 Å². The molecular weight excluding hydrogens is 214 g/mol. The van der Waals surface area contributed by atoms with Crippen molar-refractivity contribution in [3.05, 3.63) is 0 Å². The molecule has 0 aromatic heterocycles. The smallest absolute Gasteiger partial charge is 0.374 e. The third kappa shape index (κ3) is 4.55. The van der Waals surface area contributed by atoms with Gasteiger partial charge in [0, 0.05) is 12.8 Å². The van der Waals surface area contributed by atoms with E-state index in [1.54, 1.807) is 0 Å². The summed E-state index contributed by atoms with van der Waals surface area (Å²) in [6.07, 6.45) is 0.0150. The van der Waals surface area contributed by atoms with Gasteiger partial charge in [0.25, 0.3) is 0 Å². The predicted octanol–water partition coefficient (Wildman–Crippen LogP) is 0.212. The minimum absolute atomic E-state index is 0.119. The maximum absolute atomic E-state index is 11.2. The Kier molecular flexibility index (Phi) is 6.52. The first-order chi connectivity index (χ1) is 7.56. The molecular formula is C10H13NO5. The second-order valence-electron chi connectivity index (χ2n) is 3.04. The number of methoxy groups -OCH3 is 2. The number of nitrogens with zero attached hydrogens (tertiary/aromatic N) is 1. The Balaban J connectivity index is 4.43. The van der Waals surface area contributed by atoms with Crippen molar-refractivity contribution in [3.8, 4) is 6.07 Å². The van der Waals surface area contributed by atoms with E-state index in [9.17, 15) is 14.4 Å². The molecule has 0 radical (unpaired) electrons. The van der Waals surface area contributed by atoms with Crippen molar-refractivity contribution in [1.29, 1.82) is 5.26 Å². The molecule has 0 saturated heterocycles. The van der Waals surface area contributed by atoms with Crippen LogP contribution in [0.15, 0.2) is 0 Å². The standard InChI is InChI=1S/C10H13NO5/c1-15-9(13)7(4-3-5-11)6-8(12)10(14)16-2/h7H,3-4,6H2,1-2H3. The lowest BCUT2D eigenvalue weighted by Gasteiger charge is -2.10. The highest BCUT2D eigenvalue weighted by Gasteiger charge is 2.26. The molecule has 0 aromatic carbocycles. The molecule has 0 spiro atoms. The van der Waals surface area contributed by atoms with E-state index in [-0.39, 0.29) is 19.3 Å². The molecule has 0 aromatic rings. The summed E-state index contributed by atoms with van der Waals surface area (Å²) < 4.78 is 8.70. The highest BCUT2D eigenvalue weighted by atomic mass is 16.5. The fraction of sp³-hybridized carbons (Fsp3) is 0.600. The maximum atomic E-state index is 11.2. The van der Waals surface area contributed by atoms with Gasteiger partial charge in [-0.05, 0) is 6.42 Å².